The summed E-state index contributed by atoms with van der Waals surface area (Å²) < 4.78 is 44.6. The topological polar surface area (TPSA) is 82.2 Å². The van der Waals surface area contributed by atoms with Crippen molar-refractivity contribution < 1.29 is 32.3 Å². The van der Waals surface area contributed by atoms with Crippen molar-refractivity contribution in [3.8, 4) is 5.75 Å². The maximum Gasteiger partial charge on any atom is 0.416 e. The molecular weight excluding hydrogens is 585 g/mol. The van der Waals surface area contributed by atoms with Gasteiger partial charge >= 0.3 is 12.2 Å². The number of alkyl halides is 3. The van der Waals surface area contributed by atoms with E-state index in [1.165, 1.54) is 12.1 Å². The summed E-state index contributed by atoms with van der Waals surface area (Å²) in [5.41, 5.74) is -0.195. The molecule has 0 radical (unpaired) electrons. The zero-order valence-electron chi connectivity index (χ0n) is 27.1. The Morgan fingerprint density at radius 3 is 2.04 bits per heavy atom. The zero-order chi connectivity index (χ0) is 33.2. The van der Waals surface area contributed by atoms with Crippen LogP contribution in [0.3, 0.4) is 0 Å². The molecule has 1 saturated heterocycles. The third kappa shape index (κ3) is 8.56. The maximum atomic E-state index is 13.2. The lowest BCUT2D eigenvalue weighted by Gasteiger charge is -2.53. The predicted octanol–water partition coefficient (Wildman–Crippen LogP) is 6.60. The largest absolute Gasteiger partial charge is 0.469 e. The highest BCUT2D eigenvalue weighted by atomic mass is 19.4. The molecule has 1 heterocycles. The lowest BCUT2D eigenvalue weighted by atomic mass is 9.72. The summed E-state index contributed by atoms with van der Waals surface area (Å²) in [6.07, 6.45) is -2.35. The minimum Gasteiger partial charge on any atom is -0.469 e. The van der Waals surface area contributed by atoms with E-state index < -0.39 is 29.4 Å². The van der Waals surface area contributed by atoms with Crippen LogP contribution in [0.15, 0.2) is 48.5 Å². The van der Waals surface area contributed by atoms with Gasteiger partial charge in [-0.2, -0.15) is 13.2 Å². The molecule has 45 heavy (non-hydrogen) atoms. The van der Waals surface area contributed by atoms with Gasteiger partial charge in [-0.15, -0.1) is 0 Å². The van der Waals surface area contributed by atoms with Crippen LogP contribution in [0, 0.1) is 5.41 Å². The number of hydrogen-bond acceptors (Lipinski definition) is 5. The molecule has 3 rings (SSSR count). The molecule has 2 aromatic carbocycles. The Labute approximate surface area is 264 Å². The van der Waals surface area contributed by atoms with E-state index in [2.05, 4.69) is 24.1 Å². The molecule has 1 aliphatic rings. The van der Waals surface area contributed by atoms with E-state index in [0.29, 0.717) is 63.1 Å². The van der Waals surface area contributed by atoms with Gasteiger partial charge in [0.05, 0.1) is 5.56 Å². The van der Waals surface area contributed by atoms with E-state index in [1.807, 2.05) is 25.7 Å². The summed E-state index contributed by atoms with van der Waals surface area (Å²) in [5, 5.41) is 2.79. The van der Waals surface area contributed by atoms with Crippen LogP contribution in [0.25, 0.3) is 0 Å². The number of likely N-dealkylation sites (tertiary alicyclic amines) is 1. The van der Waals surface area contributed by atoms with Gasteiger partial charge < -0.3 is 19.9 Å². The van der Waals surface area contributed by atoms with Gasteiger partial charge in [0.25, 0.3) is 5.91 Å². The maximum absolute atomic E-state index is 13.2. The van der Waals surface area contributed by atoms with Crippen LogP contribution in [0.5, 0.6) is 5.75 Å². The van der Waals surface area contributed by atoms with Crippen molar-refractivity contribution in [2.24, 2.45) is 5.41 Å². The molecule has 0 aliphatic carbocycles. The number of amides is 4. The molecule has 0 saturated carbocycles. The standard InChI is InChI=1S/C34H47F3N4O4/c1-6-33(7-2)30(43)41(32(44)38-22-12-11-13-25-14-18-27(19-15-25)34(35,36)37)31(33)45-28-20-16-26(17-21-28)29(42)40(10-5)24-23-39(8-3)9-4/h14-21,31H,6-13,22-24H2,1-5H3,(H,38,44). The molecule has 1 N–H and O–H groups in total. The summed E-state index contributed by atoms with van der Waals surface area (Å²) >= 11 is 0. The highest BCUT2D eigenvalue weighted by molar-refractivity contribution is 6.03. The predicted molar refractivity (Wildman–Crippen MR) is 168 cm³/mol. The number of urea groups is 1. The molecule has 11 heteroatoms. The third-order valence-corrected chi connectivity index (χ3v) is 8.88. The molecule has 248 valence electrons. The molecule has 0 bridgehead atoms. The summed E-state index contributed by atoms with van der Waals surface area (Å²) in [4.78, 5) is 44.6. The van der Waals surface area contributed by atoms with E-state index >= 15 is 0 Å². The van der Waals surface area contributed by atoms with Gasteiger partial charge in [-0.05, 0) is 94.1 Å². The van der Waals surface area contributed by atoms with Gasteiger partial charge in [-0.1, -0.05) is 39.8 Å². The van der Waals surface area contributed by atoms with Gasteiger partial charge in [0.2, 0.25) is 5.91 Å². The Bertz CT molecular complexity index is 1260. The molecule has 1 unspecified atom stereocenters. The summed E-state index contributed by atoms with van der Waals surface area (Å²) in [7, 11) is 0. The Balaban J connectivity index is 1.57. The van der Waals surface area contributed by atoms with Gasteiger partial charge in [-0.3, -0.25) is 9.59 Å². The molecule has 1 aliphatic heterocycles. The van der Waals surface area contributed by atoms with E-state index in [0.717, 1.165) is 42.2 Å². The lowest BCUT2D eigenvalue weighted by molar-refractivity contribution is -0.190. The number of nitrogens with zero attached hydrogens (tertiary/aromatic N) is 3. The molecule has 1 fully saturated rings. The van der Waals surface area contributed by atoms with Crippen molar-refractivity contribution in [3.63, 3.8) is 0 Å². The normalized spacial score (nSPS) is 16.0. The Morgan fingerprint density at radius 2 is 1.51 bits per heavy atom. The van der Waals surface area contributed by atoms with Crippen LogP contribution in [0.1, 0.15) is 81.8 Å². The minimum atomic E-state index is -4.37. The Hall–Kier alpha value is -3.60. The molecule has 0 aromatic heterocycles. The number of rotatable bonds is 16. The van der Waals surface area contributed by atoms with E-state index in [-0.39, 0.29) is 11.8 Å². The molecule has 8 nitrogen and oxygen atoms in total. The number of β-lactam (4-membered cyclic amide) rings is 1. The smallest absolute Gasteiger partial charge is 0.416 e. The van der Waals surface area contributed by atoms with Crippen molar-refractivity contribution in [3.05, 3.63) is 65.2 Å². The zero-order valence-corrected chi connectivity index (χ0v) is 27.1. The first kappa shape index (κ1) is 35.9. The van der Waals surface area contributed by atoms with Crippen molar-refractivity contribution in [1.82, 2.24) is 20.0 Å². The van der Waals surface area contributed by atoms with Crippen LogP contribution < -0.4 is 10.1 Å². The molecule has 1 atom stereocenters. The van der Waals surface area contributed by atoms with Crippen molar-refractivity contribution in [2.75, 3.05) is 39.3 Å². The van der Waals surface area contributed by atoms with Gasteiger partial charge in [-0.25, -0.2) is 9.69 Å². The highest BCUT2D eigenvalue weighted by Crippen LogP contribution is 2.46. The van der Waals surface area contributed by atoms with Crippen LogP contribution in [0.4, 0.5) is 18.0 Å². The average Bonchev–Trinajstić information content (AvgIpc) is 3.03. The number of likely N-dealkylation sites (N-methyl/N-ethyl adjacent to an activating group) is 2. The number of benzene rings is 2. The SMILES string of the molecule is CCN(CC)CCN(CC)C(=O)c1ccc(OC2N(C(=O)NCCCCc3ccc(C(F)(F)F)cc3)C(=O)C2(CC)CC)cc1. The van der Waals surface area contributed by atoms with Gasteiger partial charge in [0.1, 0.15) is 11.2 Å². The third-order valence-electron chi connectivity index (χ3n) is 8.88. The first-order valence-corrected chi connectivity index (χ1v) is 16.0. The monoisotopic (exact) mass is 632 g/mol. The van der Waals surface area contributed by atoms with Gasteiger partial charge in [0, 0.05) is 31.7 Å². The van der Waals surface area contributed by atoms with Crippen LogP contribution in [-0.2, 0) is 17.4 Å². The quantitative estimate of drug-likeness (QED) is 0.167. The number of nitrogens with one attached hydrogen (secondary N) is 1. The first-order chi connectivity index (χ1) is 21.4. The number of carbonyl (C=O) groups is 3. The van der Waals surface area contributed by atoms with Crippen LogP contribution in [-0.4, -0.2) is 78.0 Å². The van der Waals surface area contributed by atoms with Crippen molar-refractivity contribution in [1.29, 1.82) is 0 Å². The number of hydrogen-bond donors (Lipinski definition) is 1. The molecule has 2 aromatic rings. The molecule has 0 spiro atoms. The van der Waals surface area contributed by atoms with Gasteiger partial charge in [0.15, 0.2) is 6.23 Å². The number of halogens is 3. The van der Waals surface area contributed by atoms with E-state index in [1.54, 1.807) is 24.3 Å². The number of carbonyl (C=O) groups excluding carboxylic acids is 3. The highest BCUT2D eigenvalue weighted by Gasteiger charge is 2.62. The number of ether oxygens (including phenoxy) is 1. The molecule has 4 amide bonds. The minimum absolute atomic E-state index is 0.0641. The summed E-state index contributed by atoms with van der Waals surface area (Å²) in [6.45, 7) is 14.1. The van der Waals surface area contributed by atoms with Crippen LogP contribution in [0.2, 0.25) is 0 Å². The number of imide groups is 1. The Morgan fingerprint density at radius 1 is 0.889 bits per heavy atom. The lowest BCUT2D eigenvalue weighted by Crippen LogP contribution is -2.73. The Kier molecular flexibility index (Phi) is 12.8. The fourth-order valence-corrected chi connectivity index (χ4v) is 5.69. The second-order valence-corrected chi connectivity index (χ2v) is 11.3. The second kappa shape index (κ2) is 16.1. The second-order valence-electron chi connectivity index (χ2n) is 11.3. The van der Waals surface area contributed by atoms with Crippen molar-refractivity contribution >= 4 is 17.8 Å². The number of unbranched alkanes of at least 4 members (excludes halogenated alkanes) is 1. The van der Waals surface area contributed by atoms with Crippen LogP contribution >= 0.6 is 0 Å². The number of aryl methyl sites for hydroxylation is 1. The van der Waals surface area contributed by atoms with Crippen molar-refractivity contribution in [2.45, 2.75) is 79.1 Å². The summed E-state index contributed by atoms with van der Waals surface area (Å²) in [5.74, 6) is 0.0972. The first-order valence-electron chi connectivity index (χ1n) is 16.0. The van der Waals surface area contributed by atoms with E-state index in [4.69, 9.17) is 4.74 Å². The summed E-state index contributed by atoms with van der Waals surface area (Å²) in [6, 6.07) is 11.3. The molecular formula is C34H47F3N4O4. The fraction of sp³-hybridized carbons (Fsp3) is 0.559. The average molecular weight is 633 g/mol. The van der Waals surface area contributed by atoms with E-state index in [9.17, 15) is 27.6 Å². The fourth-order valence-electron chi connectivity index (χ4n) is 5.69.